The number of hydrogen-bond acceptors (Lipinski definition) is 5. The normalized spacial score (nSPS) is 14.6. The summed E-state index contributed by atoms with van der Waals surface area (Å²) in [6, 6.07) is 15.4. The van der Waals surface area contributed by atoms with E-state index in [1.807, 2.05) is 45.9 Å². The summed E-state index contributed by atoms with van der Waals surface area (Å²) in [6.07, 6.45) is 8.15. The second-order valence-corrected chi connectivity index (χ2v) is 7.36. The fourth-order valence-electron chi connectivity index (χ4n) is 3.99. The Balaban J connectivity index is 1.54. The zero-order valence-corrected chi connectivity index (χ0v) is 16.3. The molecule has 2 aromatic carbocycles. The van der Waals surface area contributed by atoms with E-state index in [0.717, 1.165) is 36.2 Å². The molecule has 0 radical (unpaired) electrons. The van der Waals surface area contributed by atoms with Crippen LogP contribution in [-0.4, -0.2) is 19.6 Å². The van der Waals surface area contributed by atoms with Crippen molar-refractivity contribution in [1.82, 2.24) is 14.5 Å². The molecular weight excluding hydrogens is 378 g/mol. The number of anilines is 1. The first-order valence-corrected chi connectivity index (χ1v) is 9.90. The lowest BCUT2D eigenvalue weighted by atomic mass is 9.83. The van der Waals surface area contributed by atoms with Crippen LogP contribution in [0.2, 0.25) is 0 Å². The summed E-state index contributed by atoms with van der Waals surface area (Å²) in [5.41, 5.74) is 9.55. The Morgan fingerprint density at radius 1 is 1.17 bits per heavy atom. The number of nitrogen functional groups attached to an aromatic ring is 1. The van der Waals surface area contributed by atoms with Crippen LogP contribution >= 0.6 is 0 Å². The molecule has 0 unspecified atom stereocenters. The van der Waals surface area contributed by atoms with E-state index < -0.39 is 0 Å². The van der Waals surface area contributed by atoms with Crippen molar-refractivity contribution in [3.8, 4) is 17.4 Å². The first kappa shape index (κ1) is 18.2. The zero-order chi connectivity index (χ0) is 20.5. The van der Waals surface area contributed by atoms with Gasteiger partial charge in [-0.15, -0.1) is 0 Å². The number of imidazole rings is 1. The van der Waals surface area contributed by atoms with Gasteiger partial charge in [0.1, 0.15) is 17.1 Å². The van der Waals surface area contributed by atoms with Crippen molar-refractivity contribution in [1.29, 1.82) is 0 Å². The molecule has 7 nitrogen and oxygen atoms in total. The van der Waals surface area contributed by atoms with Crippen LogP contribution in [0.3, 0.4) is 0 Å². The maximum Gasteiger partial charge on any atom is 0.306 e. The molecule has 1 aliphatic heterocycles. The minimum atomic E-state index is -0.126. The van der Waals surface area contributed by atoms with E-state index in [0.29, 0.717) is 17.4 Å². The highest BCUT2D eigenvalue weighted by Gasteiger charge is 2.36. The van der Waals surface area contributed by atoms with Gasteiger partial charge >= 0.3 is 5.88 Å². The molecule has 3 heterocycles. The Morgan fingerprint density at radius 3 is 2.83 bits per heavy atom. The van der Waals surface area contributed by atoms with Crippen LogP contribution in [-0.2, 0) is 13.1 Å². The molecule has 4 aromatic rings. The van der Waals surface area contributed by atoms with Gasteiger partial charge in [0, 0.05) is 30.6 Å². The van der Waals surface area contributed by atoms with Crippen LogP contribution in [0.25, 0.3) is 0 Å². The molecule has 0 fully saturated rings. The number of nitrogens with zero attached hydrogens (tertiary/aromatic N) is 4. The summed E-state index contributed by atoms with van der Waals surface area (Å²) < 4.78 is 10.0. The number of benzene rings is 2. The van der Waals surface area contributed by atoms with Crippen LogP contribution in [0.15, 0.2) is 73.6 Å². The summed E-state index contributed by atoms with van der Waals surface area (Å²) in [4.78, 5) is 8.64. The fraction of sp³-hybridized carbons (Fsp3) is 0.174. The van der Waals surface area contributed by atoms with E-state index >= 15 is 0 Å². The Kier molecular flexibility index (Phi) is 4.55. The second kappa shape index (κ2) is 7.51. The molecule has 0 saturated heterocycles. The summed E-state index contributed by atoms with van der Waals surface area (Å²) in [5.74, 6) is 1.74. The standard InChI is InChI=1S/C23H21N5O2/c24-22-21-20(16-5-2-1-3-6-16)18-8-7-17(29)13-19(18)30-23(21)26-15-28(22)11-4-10-27-12-9-25-14-27/h1-3,5-9,12-15,20,24,29H,4,10-11H2/p+1/t20-/m0/s1. The van der Waals surface area contributed by atoms with Gasteiger partial charge in [-0.2, -0.15) is 0 Å². The molecule has 30 heavy (non-hydrogen) atoms. The number of aromatic nitrogens is 4. The predicted octanol–water partition coefficient (Wildman–Crippen LogP) is 3.23. The van der Waals surface area contributed by atoms with Gasteiger partial charge in [-0.05, 0) is 18.1 Å². The number of ether oxygens (including phenoxy) is 1. The molecule has 0 bridgehead atoms. The van der Waals surface area contributed by atoms with Crippen molar-refractivity contribution in [2.45, 2.75) is 25.4 Å². The van der Waals surface area contributed by atoms with Crippen molar-refractivity contribution < 1.29 is 14.4 Å². The lowest BCUT2D eigenvalue weighted by molar-refractivity contribution is -0.686. The van der Waals surface area contributed by atoms with Gasteiger partial charge in [-0.3, -0.25) is 0 Å². The zero-order valence-electron chi connectivity index (χ0n) is 16.3. The lowest BCUT2D eigenvalue weighted by Gasteiger charge is -2.27. The highest BCUT2D eigenvalue weighted by atomic mass is 16.5. The largest absolute Gasteiger partial charge is 0.508 e. The topological polar surface area (TPSA) is 90.1 Å². The number of aryl methyl sites for hydroxylation is 2. The van der Waals surface area contributed by atoms with E-state index in [9.17, 15) is 5.11 Å². The number of phenols is 1. The van der Waals surface area contributed by atoms with Gasteiger partial charge in [0.15, 0.2) is 0 Å². The van der Waals surface area contributed by atoms with Crippen LogP contribution in [0.4, 0.5) is 5.82 Å². The van der Waals surface area contributed by atoms with Crippen LogP contribution < -0.4 is 15.0 Å². The molecule has 2 aromatic heterocycles. The number of aromatic hydroxyl groups is 1. The third-order valence-corrected chi connectivity index (χ3v) is 5.44. The first-order valence-electron chi connectivity index (χ1n) is 9.90. The Hall–Kier alpha value is -3.87. The van der Waals surface area contributed by atoms with E-state index in [4.69, 9.17) is 10.5 Å². The van der Waals surface area contributed by atoms with Crippen molar-refractivity contribution in [2.24, 2.45) is 0 Å². The smallest absolute Gasteiger partial charge is 0.306 e. The van der Waals surface area contributed by atoms with Gasteiger partial charge in [0.2, 0.25) is 12.1 Å². The van der Waals surface area contributed by atoms with Crippen LogP contribution in [0.1, 0.15) is 29.0 Å². The summed E-state index contributed by atoms with van der Waals surface area (Å²) in [7, 11) is 0. The molecule has 1 aliphatic rings. The van der Waals surface area contributed by atoms with Gasteiger partial charge in [0.05, 0.1) is 18.8 Å². The highest BCUT2D eigenvalue weighted by molar-refractivity contribution is 5.62. The van der Waals surface area contributed by atoms with Gasteiger partial charge in [-0.25, -0.2) is 9.55 Å². The number of rotatable bonds is 5. The monoisotopic (exact) mass is 400 g/mol. The maximum absolute atomic E-state index is 9.93. The minimum Gasteiger partial charge on any atom is -0.508 e. The molecular formula is C23H22N5O2+. The Labute approximate surface area is 174 Å². The van der Waals surface area contributed by atoms with E-state index in [1.165, 1.54) is 0 Å². The molecule has 3 N–H and O–H groups in total. The lowest BCUT2D eigenvalue weighted by Crippen LogP contribution is -2.40. The van der Waals surface area contributed by atoms with Gasteiger partial charge in [0.25, 0.3) is 0 Å². The van der Waals surface area contributed by atoms with Crippen molar-refractivity contribution in [2.75, 3.05) is 5.73 Å². The molecule has 1 atom stereocenters. The molecule has 7 heteroatoms. The van der Waals surface area contributed by atoms with Gasteiger partial charge < -0.3 is 20.1 Å². The molecule has 150 valence electrons. The van der Waals surface area contributed by atoms with Crippen molar-refractivity contribution in [3.05, 3.63) is 90.3 Å². The average molecular weight is 400 g/mol. The maximum atomic E-state index is 9.93. The van der Waals surface area contributed by atoms with Crippen LogP contribution in [0.5, 0.6) is 17.4 Å². The van der Waals surface area contributed by atoms with E-state index in [1.54, 1.807) is 24.7 Å². The Bertz CT molecular complexity index is 1180. The summed E-state index contributed by atoms with van der Waals surface area (Å²) >= 11 is 0. The number of nitrogens with two attached hydrogens (primary N) is 1. The van der Waals surface area contributed by atoms with E-state index in [2.05, 4.69) is 22.1 Å². The quantitative estimate of drug-likeness (QED) is 0.442. The molecule has 0 amide bonds. The number of hydrogen-bond donors (Lipinski definition) is 2. The minimum absolute atomic E-state index is 0.126. The van der Waals surface area contributed by atoms with Crippen LogP contribution in [0, 0.1) is 0 Å². The second-order valence-electron chi connectivity index (χ2n) is 7.36. The van der Waals surface area contributed by atoms with Gasteiger partial charge in [-0.1, -0.05) is 41.4 Å². The summed E-state index contributed by atoms with van der Waals surface area (Å²) in [5, 5.41) is 9.93. The molecule has 5 rings (SSSR count). The first-order chi connectivity index (χ1) is 14.7. The van der Waals surface area contributed by atoms with Crippen molar-refractivity contribution in [3.63, 3.8) is 0 Å². The average Bonchev–Trinajstić information content (AvgIpc) is 3.28. The third kappa shape index (κ3) is 3.24. The van der Waals surface area contributed by atoms with Crippen molar-refractivity contribution >= 4 is 5.82 Å². The molecule has 0 saturated carbocycles. The number of fused-ring (bicyclic) bond motifs is 2. The fourth-order valence-corrected chi connectivity index (χ4v) is 3.99. The SMILES string of the molecule is Nc1c2c(nc[n+]1CCCn1ccnc1)Oc1cc(O)ccc1[C@@H]2c1ccccc1. The third-order valence-electron chi connectivity index (χ3n) is 5.44. The Morgan fingerprint density at radius 2 is 2.03 bits per heavy atom. The predicted molar refractivity (Wildman–Crippen MR) is 111 cm³/mol. The van der Waals surface area contributed by atoms with E-state index in [-0.39, 0.29) is 11.7 Å². The number of phenolic OH excluding ortho intramolecular Hbond substituents is 1. The molecule has 0 spiro atoms. The summed E-state index contributed by atoms with van der Waals surface area (Å²) in [6.45, 7) is 1.58. The molecule has 0 aliphatic carbocycles. The highest BCUT2D eigenvalue weighted by Crippen LogP contribution is 2.48.